The summed E-state index contributed by atoms with van der Waals surface area (Å²) < 4.78 is 4.94. The van der Waals surface area contributed by atoms with Crippen molar-refractivity contribution >= 4 is 5.57 Å². The summed E-state index contributed by atoms with van der Waals surface area (Å²) in [4.78, 5) is 0. The van der Waals surface area contributed by atoms with Gasteiger partial charge in [0.05, 0.1) is 6.61 Å². The summed E-state index contributed by atoms with van der Waals surface area (Å²) in [6.45, 7) is 6.43. The molecule has 0 atom stereocenters. The molecule has 1 aromatic rings. The monoisotopic (exact) mass is 191 g/mol. The van der Waals surface area contributed by atoms with Crippen molar-refractivity contribution in [3.05, 3.63) is 42.5 Å². The second-order valence-corrected chi connectivity index (χ2v) is 3.14. The highest BCUT2D eigenvalue weighted by molar-refractivity contribution is 5.64. The summed E-state index contributed by atoms with van der Waals surface area (Å²) in [5, 5.41) is 3.26. The Hall–Kier alpha value is -1.12. The minimum absolute atomic E-state index is 0.738. The van der Waals surface area contributed by atoms with E-state index in [9.17, 15) is 0 Å². The molecule has 0 unspecified atom stereocenters. The molecule has 2 heteroatoms. The van der Waals surface area contributed by atoms with Gasteiger partial charge in [0.15, 0.2) is 0 Å². The van der Waals surface area contributed by atoms with Gasteiger partial charge in [0, 0.05) is 20.2 Å². The number of nitrogens with one attached hydrogen (secondary N) is 1. The molecule has 76 valence electrons. The highest BCUT2D eigenvalue weighted by Crippen LogP contribution is 2.09. The van der Waals surface area contributed by atoms with Crippen molar-refractivity contribution in [2.45, 2.75) is 0 Å². The van der Waals surface area contributed by atoms with Crippen LogP contribution in [0, 0.1) is 0 Å². The molecule has 0 amide bonds. The van der Waals surface area contributed by atoms with Crippen LogP contribution in [0.4, 0.5) is 0 Å². The maximum absolute atomic E-state index is 4.94. The highest BCUT2D eigenvalue weighted by atomic mass is 16.5. The molecular formula is C12H17NO. The molecule has 0 saturated heterocycles. The SMILES string of the molecule is C=C(CNCCOC)c1ccccc1. The zero-order valence-corrected chi connectivity index (χ0v) is 8.62. The standard InChI is InChI=1S/C12H17NO/c1-11(10-13-8-9-14-2)12-6-4-3-5-7-12/h3-7,13H,1,8-10H2,2H3. The van der Waals surface area contributed by atoms with E-state index in [1.807, 2.05) is 18.2 Å². The molecule has 0 heterocycles. The van der Waals surface area contributed by atoms with Crippen LogP contribution in [0.5, 0.6) is 0 Å². The Kier molecular flexibility index (Phi) is 4.97. The fraction of sp³-hybridized carbons (Fsp3) is 0.333. The lowest BCUT2D eigenvalue weighted by molar-refractivity contribution is 0.200. The largest absolute Gasteiger partial charge is 0.383 e. The van der Waals surface area contributed by atoms with Gasteiger partial charge in [-0.2, -0.15) is 0 Å². The zero-order chi connectivity index (χ0) is 10.2. The van der Waals surface area contributed by atoms with Crippen LogP contribution in [0.1, 0.15) is 5.56 Å². The summed E-state index contributed by atoms with van der Waals surface area (Å²) in [6.07, 6.45) is 0. The van der Waals surface area contributed by atoms with Gasteiger partial charge < -0.3 is 10.1 Å². The van der Waals surface area contributed by atoms with Crippen molar-refractivity contribution in [2.24, 2.45) is 0 Å². The lowest BCUT2D eigenvalue weighted by atomic mass is 10.1. The van der Waals surface area contributed by atoms with Crippen molar-refractivity contribution in [2.75, 3.05) is 26.8 Å². The first-order valence-corrected chi connectivity index (χ1v) is 4.77. The van der Waals surface area contributed by atoms with Crippen LogP contribution in [0.25, 0.3) is 5.57 Å². The molecule has 0 saturated carbocycles. The zero-order valence-electron chi connectivity index (χ0n) is 8.62. The third-order valence-electron chi connectivity index (χ3n) is 2.00. The van der Waals surface area contributed by atoms with Gasteiger partial charge in [-0.3, -0.25) is 0 Å². The van der Waals surface area contributed by atoms with Crippen molar-refractivity contribution < 1.29 is 4.74 Å². The molecule has 14 heavy (non-hydrogen) atoms. The van der Waals surface area contributed by atoms with Crippen LogP contribution in [-0.4, -0.2) is 26.8 Å². The second-order valence-electron chi connectivity index (χ2n) is 3.14. The Morgan fingerprint density at radius 2 is 2.07 bits per heavy atom. The van der Waals surface area contributed by atoms with Crippen LogP contribution in [0.2, 0.25) is 0 Å². The number of hydrogen-bond donors (Lipinski definition) is 1. The number of benzene rings is 1. The average Bonchev–Trinajstić information content (AvgIpc) is 2.25. The normalized spacial score (nSPS) is 10.1. The predicted molar refractivity (Wildman–Crippen MR) is 60.2 cm³/mol. The lowest BCUT2D eigenvalue weighted by Gasteiger charge is -2.07. The third-order valence-corrected chi connectivity index (χ3v) is 2.00. The summed E-state index contributed by atoms with van der Waals surface area (Å²) in [5.74, 6) is 0. The molecule has 0 radical (unpaired) electrons. The number of ether oxygens (including phenoxy) is 1. The minimum atomic E-state index is 0.738. The van der Waals surface area contributed by atoms with E-state index < -0.39 is 0 Å². The Balaban J connectivity index is 2.29. The molecule has 0 fully saturated rings. The second kappa shape index (κ2) is 6.35. The smallest absolute Gasteiger partial charge is 0.0587 e. The van der Waals surface area contributed by atoms with Crippen molar-refractivity contribution in [1.82, 2.24) is 5.32 Å². The van der Waals surface area contributed by atoms with Crippen molar-refractivity contribution in [3.63, 3.8) is 0 Å². The molecular weight excluding hydrogens is 174 g/mol. The van der Waals surface area contributed by atoms with Gasteiger partial charge in [0.25, 0.3) is 0 Å². The molecule has 0 aliphatic heterocycles. The van der Waals surface area contributed by atoms with Gasteiger partial charge in [-0.05, 0) is 11.1 Å². The summed E-state index contributed by atoms with van der Waals surface area (Å²) in [7, 11) is 1.70. The van der Waals surface area contributed by atoms with E-state index in [4.69, 9.17) is 4.74 Å². The van der Waals surface area contributed by atoms with E-state index in [-0.39, 0.29) is 0 Å². The Morgan fingerprint density at radius 3 is 2.71 bits per heavy atom. The van der Waals surface area contributed by atoms with E-state index in [0.717, 1.165) is 25.3 Å². The first kappa shape index (κ1) is 11.0. The predicted octanol–water partition coefficient (Wildman–Crippen LogP) is 1.94. The van der Waals surface area contributed by atoms with Gasteiger partial charge in [-0.25, -0.2) is 0 Å². The van der Waals surface area contributed by atoms with Gasteiger partial charge in [-0.1, -0.05) is 36.9 Å². The summed E-state index contributed by atoms with van der Waals surface area (Å²) >= 11 is 0. The molecule has 0 aliphatic rings. The molecule has 0 aromatic heterocycles. The number of hydrogen-bond acceptors (Lipinski definition) is 2. The van der Waals surface area contributed by atoms with Gasteiger partial charge in [0.1, 0.15) is 0 Å². The maximum Gasteiger partial charge on any atom is 0.0587 e. The number of rotatable bonds is 6. The van der Waals surface area contributed by atoms with Gasteiger partial charge >= 0.3 is 0 Å². The molecule has 0 spiro atoms. The Labute approximate surface area is 85.6 Å². The van der Waals surface area contributed by atoms with E-state index >= 15 is 0 Å². The summed E-state index contributed by atoms with van der Waals surface area (Å²) in [5.41, 5.74) is 2.30. The van der Waals surface area contributed by atoms with Crippen molar-refractivity contribution in [1.29, 1.82) is 0 Å². The van der Waals surface area contributed by atoms with E-state index in [1.54, 1.807) is 7.11 Å². The van der Waals surface area contributed by atoms with E-state index in [1.165, 1.54) is 5.56 Å². The Morgan fingerprint density at radius 1 is 1.36 bits per heavy atom. The van der Waals surface area contributed by atoms with Crippen molar-refractivity contribution in [3.8, 4) is 0 Å². The lowest BCUT2D eigenvalue weighted by Crippen LogP contribution is -2.20. The van der Waals surface area contributed by atoms with Crippen LogP contribution in [0.15, 0.2) is 36.9 Å². The number of methoxy groups -OCH3 is 1. The van der Waals surface area contributed by atoms with Crippen LogP contribution < -0.4 is 5.32 Å². The molecule has 2 nitrogen and oxygen atoms in total. The fourth-order valence-electron chi connectivity index (χ4n) is 1.19. The van der Waals surface area contributed by atoms with Gasteiger partial charge in [-0.15, -0.1) is 0 Å². The first-order valence-electron chi connectivity index (χ1n) is 4.77. The quantitative estimate of drug-likeness (QED) is 0.694. The summed E-state index contributed by atoms with van der Waals surface area (Å²) in [6, 6.07) is 10.2. The first-order chi connectivity index (χ1) is 6.84. The Bertz CT molecular complexity index is 269. The molecule has 1 aromatic carbocycles. The molecule has 0 aliphatic carbocycles. The molecule has 1 N–H and O–H groups in total. The van der Waals surface area contributed by atoms with Gasteiger partial charge in [0.2, 0.25) is 0 Å². The molecule has 0 bridgehead atoms. The van der Waals surface area contributed by atoms with Crippen LogP contribution in [-0.2, 0) is 4.74 Å². The van der Waals surface area contributed by atoms with Crippen LogP contribution >= 0.6 is 0 Å². The van der Waals surface area contributed by atoms with E-state index in [2.05, 4.69) is 24.0 Å². The highest BCUT2D eigenvalue weighted by Gasteiger charge is 1.96. The third kappa shape index (κ3) is 3.73. The fourth-order valence-corrected chi connectivity index (χ4v) is 1.19. The maximum atomic E-state index is 4.94. The average molecular weight is 191 g/mol. The topological polar surface area (TPSA) is 21.3 Å². The van der Waals surface area contributed by atoms with Crippen LogP contribution in [0.3, 0.4) is 0 Å². The minimum Gasteiger partial charge on any atom is -0.383 e. The molecule has 1 rings (SSSR count). The van der Waals surface area contributed by atoms with E-state index in [0.29, 0.717) is 0 Å².